The van der Waals surface area contributed by atoms with Gasteiger partial charge in [0, 0.05) is 12.1 Å². The zero-order chi connectivity index (χ0) is 11.5. The first-order chi connectivity index (χ1) is 7.66. The molecule has 16 heavy (non-hydrogen) atoms. The summed E-state index contributed by atoms with van der Waals surface area (Å²) in [5.41, 5.74) is 7.03. The SMILES string of the molecule is NC1CCCC(Nc2cccc(Cl)c2Br)C1. The monoisotopic (exact) mass is 302 g/mol. The Morgan fingerprint density at radius 3 is 2.94 bits per heavy atom. The fourth-order valence-corrected chi connectivity index (χ4v) is 2.75. The first-order valence-electron chi connectivity index (χ1n) is 5.63. The van der Waals surface area contributed by atoms with Crippen molar-refractivity contribution in [1.29, 1.82) is 0 Å². The highest BCUT2D eigenvalue weighted by Crippen LogP contribution is 2.32. The molecule has 88 valence electrons. The molecule has 0 bridgehead atoms. The second-order valence-electron chi connectivity index (χ2n) is 4.37. The van der Waals surface area contributed by atoms with E-state index in [0.29, 0.717) is 12.1 Å². The van der Waals surface area contributed by atoms with Crippen molar-refractivity contribution in [2.24, 2.45) is 5.73 Å². The number of hydrogen-bond donors (Lipinski definition) is 2. The third-order valence-corrected chi connectivity index (χ3v) is 4.42. The first-order valence-corrected chi connectivity index (χ1v) is 6.80. The van der Waals surface area contributed by atoms with Gasteiger partial charge in [-0.3, -0.25) is 0 Å². The summed E-state index contributed by atoms with van der Waals surface area (Å²) in [5, 5.41) is 4.25. The molecule has 0 radical (unpaired) electrons. The number of nitrogens with two attached hydrogens (primary N) is 1. The Labute approximate surface area is 110 Å². The lowest BCUT2D eigenvalue weighted by Crippen LogP contribution is -2.34. The van der Waals surface area contributed by atoms with Crippen molar-refractivity contribution in [2.45, 2.75) is 37.8 Å². The maximum atomic E-state index is 6.05. The molecule has 4 heteroatoms. The largest absolute Gasteiger partial charge is 0.381 e. The summed E-state index contributed by atoms with van der Waals surface area (Å²) in [6.45, 7) is 0. The number of anilines is 1. The molecule has 3 N–H and O–H groups in total. The van der Waals surface area contributed by atoms with Gasteiger partial charge < -0.3 is 11.1 Å². The Bertz CT molecular complexity index is 370. The van der Waals surface area contributed by atoms with Crippen molar-refractivity contribution in [3.05, 3.63) is 27.7 Å². The fraction of sp³-hybridized carbons (Fsp3) is 0.500. The van der Waals surface area contributed by atoms with E-state index in [0.717, 1.165) is 28.0 Å². The second-order valence-corrected chi connectivity index (χ2v) is 5.57. The smallest absolute Gasteiger partial charge is 0.0593 e. The predicted octanol–water partition coefficient (Wildman–Crippen LogP) is 3.78. The minimum atomic E-state index is 0.337. The van der Waals surface area contributed by atoms with E-state index >= 15 is 0 Å². The quantitative estimate of drug-likeness (QED) is 0.872. The van der Waals surface area contributed by atoms with E-state index in [4.69, 9.17) is 17.3 Å². The topological polar surface area (TPSA) is 38.0 Å². The molecule has 1 aromatic rings. The van der Waals surface area contributed by atoms with Gasteiger partial charge >= 0.3 is 0 Å². The summed E-state index contributed by atoms with van der Waals surface area (Å²) in [6.07, 6.45) is 4.58. The molecule has 0 heterocycles. The summed E-state index contributed by atoms with van der Waals surface area (Å²) < 4.78 is 0.941. The average molecular weight is 304 g/mol. The molecule has 2 rings (SSSR count). The Kier molecular flexibility index (Phi) is 4.11. The highest BCUT2D eigenvalue weighted by atomic mass is 79.9. The Morgan fingerprint density at radius 1 is 1.38 bits per heavy atom. The van der Waals surface area contributed by atoms with Gasteiger partial charge in [0.05, 0.1) is 15.2 Å². The standard InChI is InChI=1S/C12H16BrClN2/c13-12-10(14)5-2-6-11(12)16-9-4-1-3-8(15)7-9/h2,5-6,8-9,16H,1,3-4,7,15H2. The van der Waals surface area contributed by atoms with Crippen molar-refractivity contribution < 1.29 is 0 Å². The number of rotatable bonds is 2. The second kappa shape index (κ2) is 5.39. The molecular formula is C12H16BrClN2. The summed E-state index contributed by atoms with van der Waals surface area (Å²) >= 11 is 9.55. The average Bonchev–Trinajstić information content (AvgIpc) is 2.25. The Morgan fingerprint density at radius 2 is 2.19 bits per heavy atom. The van der Waals surface area contributed by atoms with Crippen LogP contribution in [0.4, 0.5) is 5.69 Å². The van der Waals surface area contributed by atoms with Crippen LogP contribution < -0.4 is 11.1 Å². The van der Waals surface area contributed by atoms with Crippen molar-refractivity contribution in [1.82, 2.24) is 0 Å². The summed E-state index contributed by atoms with van der Waals surface area (Å²) in [5.74, 6) is 0. The van der Waals surface area contributed by atoms with Gasteiger partial charge in [-0.1, -0.05) is 17.7 Å². The van der Waals surface area contributed by atoms with Crippen LogP contribution in [0, 0.1) is 0 Å². The minimum absolute atomic E-state index is 0.337. The van der Waals surface area contributed by atoms with E-state index in [2.05, 4.69) is 21.2 Å². The molecular weight excluding hydrogens is 288 g/mol. The van der Waals surface area contributed by atoms with Crippen molar-refractivity contribution >= 4 is 33.2 Å². The van der Waals surface area contributed by atoms with Gasteiger partial charge in [0.25, 0.3) is 0 Å². The molecule has 1 fully saturated rings. The zero-order valence-electron chi connectivity index (χ0n) is 9.05. The highest BCUT2D eigenvalue weighted by Gasteiger charge is 2.19. The van der Waals surface area contributed by atoms with Crippen molar-refractivity contribution in [3.8, 4) is 0 Å². The van der Waals surface area contributed by atoms with Gasteiger partial charge in [0.1, 0.15) is 0 Å². The van der Waals surface area contributed by atoms with E-state index in [9.17, 15) is 0 Å². The highest BCUT2D eigenvalue weighted by molar-refractivity contribution is 9.10. The molecule has 0 saturated heterocycles. The maximum absolute atomic E-state index is 6.05. The molecule has 0 amide bonds. The van der Waals surface area contributed by atoms with Crippen LogP contribution in [0.1, 0.15) is 25.7 Å². The summed E-state index contributed by atoms with van der Waals surface area (Å²) in [7, 11) is 0. The van der Waals surface area contributed by atoms with Gasteiger partial charge in [-0.05, 0) is 53.7 Å². The van der Waals surface area contributed by atoms with Crippen LogP contribution in [0.2, 0.25) is 5.02 Å². The molecule has 2 unspecified atom stereocenters. The number of benzene rings is 1. The molecule has 1 aliphatic rings. The van der Waals surface area contributed by atoms with E-state index in [1.165, 1.54) is 12.8 Å². The Hall–Kier alpha value is -0.250. The third-order valence-electron chi connectivity index (χ3n) is 3.03. The number of hydrogen-bond acceptors (Lipinski definition) is 2. The van der Waals surface area contributed by atoms with E-state index < -0.39 is 0 Å². The summed E-state index contributed by atoms with van der Waals surface area (Å²) in [4.78, 5) is 0. The van der Waals surface area contributed by atoms with Gasteiger partial charge in [-0.25, -0.2) is 0 Å². The predicted molar refractivity (Wildman–Crippen MR) is 73.0 cm³/mol. The van der Waals surface area contributed by atoms with Crippen molar-refractivity contribution in [3.63, 3.8) is 0 Å². The van der Waals surface area contributed by atoms with Crippen LogP contribution in [-0.2, 0) is 0 Å². The zero-order valence-corrected chi connectivity index (χ0v) is 11.4. The van der Waals surface area contributed by atoms with Gasteiger partial charge in [-0.15, -0.1) is 0 Å². The fourth-order valence-electron chi connectivity index (χ4n) is 2.19. The van der Waals surface area contributed by atoms with Crippen LogP contribution in [-0.4, -0.2) is 12.1 Å². The minimum Gasteiger partial charge on any atom is -0.381 e. The lowest BCUT2D eigenvalue weighted by molar-refractivity contribution is 0.409. The van der Waals surface area contributed by atoms with Crippen LogP contribution in [0.15, 0.2) is 22.7 Å². The lowest BCUT2D eigenvalue weighted by Gasteiger charge is -2.28. The van der Waals surface area contributed by atoms with Gasteiger partial charge in [0.2, 0.25) is 0 Å². The lowest BCUT2D eigenvalue weighted by atomic mass is 9.91. The molecule has 2 nitrogen and oxygen atoms in total. The van der Waals surface area contributed by atoms with E-state index in [1.807, 2.05) is 18.2 Å². The van der Waals surface area contributed by atoms with Crippen LogP contribution in [0.5, 0.6) is 0 Å². The molecule has 0 aromatic heterocycles. The molecule has 1 saturated carbocycles. The molecule has 1 aromatic carbocycles. The molecule has 2 atom stereocenters. The van der Waals surface area contributed by atoms with Crippen LogP contribution >= 0.6 is 27.5 Å². The molecule has 0 spiro atoms. The third kappa shape index (κ3) is 2.90. The van der Waals surface area contributed by atoms with Gasteiger partial charge in [0.15, 0.2) is 0 Å². The maximum Gasteiger partial charge on any atom is 0.0593 e. The van der Waals surface area contributed by atoms with E-state index in [1.54, 1.807) is 0 Å². The van der Waals surface area contributed by atoms with Gasteiger partial charge in [-0.2, -0.15) is 0 Å². The number of halogens is 2. The molecule has 1 aliphatic carbocycles. The van der Waals surface area contributed by atoms with Crippen molar-refractivity contribution in [2.75, 3.05) is 5.32 Å². The normalized spacial score (nSPS) is 25.4. The first kappa shape index (κ1) is 12.2. The van der Waals surface area contributed by atoms with Crippen LogP contribution in [0.3, 0.4) is 0 Å². The Balaban J connectivity index is 2.05. The van der Waals surface area contributed by atoms with E-state index in [-0.39, 0.29) is 0 Å². The number of nitrogens with one attached hydrogen (secondary N) is 1. The van der Waals surface area contributed by atoms with Crippen LogP contribution in [0.25, 0.3) is 0 Å². The summed E-state index contributed by atoms with van der Waals surface area (Å²) in [6, 6.07) is 6.68. The molecule has 0 aliphatic heterocycles.